The van der Waals surface area contributed by atoms with Crippen LogP contribution in [0.5, 0.6) is 0 Å². The minimum atomic E-state index is 0.518. The van der Waals surface area contributed by atoms with Gasteiger partial charge >= 0.3 is 0 Å². The Morgan fingerprint density at radius 3 is 2.76 bits per heavy atom. The zero-order valence-electron chi connectivity index (χ0n) is 16.3. The quantitative estimate of drug-likeness (QED) is 0.351. The van der Waals surface area contributed by atoms with Gasteiger partial charge in [0.1, 0.15) is 0 Å². The molecular formula is C18H37N5O2. The molecule has 0 spiro atoms. The maximum absolute atomic E-state index is 5.73. The van der Waals surface area contributed by atoms with Crippen molar-refractivity contribution in [1.29, 1.82) is 0 Å². The van der Waals surface area contributed by atoms with Gasteiger partial charge in [-0.05, 0) is 26.8 Å². The Balaban J connectivity index is 1.49. The lowest BCUT2D eigenvalue weighted by Gasteiger charge is -2.36. The first-order valence-electron chi connectivity index (χ1n) is 9.71. The van der Waals surface area contributed by atoms with E-state index in [2.05, 4.69) is 39.4 Å². The molecule has 0 aromatic heterocycles. The molecule has 0 aromatic carbocycles. The van der Waals surface area contributed by atoms with Crippen LogP contribution in [0.15, 0.2) is 4.99 Å². The maximum atomic E-state index is 5.73. The van der Waals surface area contributed by atoms with Crippen molar-refractivity contribution in [2.75, 3.05) is 79.8 Å². The molecule has 2 heterocycles. The summed E-state index contributed by atoms with van der Waals surface area (Å²) in [5, 5.41) is 6.81. The smallest absolute Gasteiger partial charge is 0.191 e. The molecule has 2 aliphatic heterocycles. The molecule has 2 N–H and O–H groups in total. The van der Waals surface area contributed by atoms with E-state index in [9.17, 15) is 0 Å². The Labute approximate surface area is 153 Å². The lowest BCUT2D eigenvalue weighted by molar-refractivity contribution is 0.0888. The molecule has 146 valence electrons. The summed E-state index contributed by atoms with van der Waals surface area (Å²) in [6.45, 7) is 12.1. The predicted molar refractivity (Wildman–Crippen MR) is 102 cm³/mol. The topological polar surface area (TPSA) is 61.4 Å². The van der Waals surface area contributed by atoms with Crippen LogP contribution in [0.25, 0.3) is 0 Å². The molecule has 2 unspecified atom stereocenters. The van der Waals surface area contributed by atoms with Crippen molar-refractivity contribution in [2.45, 2.75) is 25.8 Å². The average Bonchev–Trinajstić information content (AvgIpc) is 3.14. The first-order chi connectivity index (χ1) is 12.2. The second-order valence-electron chi connectivity index (χ2n) is 7.23. The van der Waals surface area contributed by atoms with E-state index in [1.807, 2.05) is 7.05 Å². The maximum Gasteiger partial charge on any atom is 0.191 e. The molecule has 7 heteroatoms. The van der Waals surface area contributed by atoms with E-state index < -0.39 is 0 Å². The van der Waals surface area contributed by atoms with E-state index in [0.29, 0.717) is 12.0 Å². The molecule has 0 aliphatic carbocycles. The summed E-state index contributed by atoms with van der Waals surface area (Å²) >= 11 is 0. The van der Waals surface area contributed by atoms with E-state index in [1.54, 1.807) is 0 Å². The van der Waals surface area contributed by atoms with Crippen LogP contribution in [0.2, 0.25) is 0 Å². The van der Waals surface area contributed by atoms with Crippen LogP contribution in [0.3, 0.4) is 0 Å². The van der Waals surface area contributed by atoms with E-state index in [4.69, 9.17) is 9.47 Å². The summed E-state index contributed by atoms with van der Waals surface area (Å²) in [5.74, 6) is 1.48. The number of hydrogen-bond donors (Lipinski definition) is 2. The second kappa shape index (κ2) is 11.7. The number of hydrogen-bond acceptors (Lipinski definition) is 5. The predicted octanol–water partition coefficient (Wildman–Crippen LogP) is 0.231. The molecule has 25 heavy (non-hydrogen) atoms. The van der Waals surface area contributed by atoms with Crippen molar-refractivity contribution in [2.24, 2.45) is 10.9 Å². The fourth-order valence-corrected chi connectivity index (χ4v) is 3.20. The van der Waals surface area contributed by atoms with Crippen LogP contribution in [0, 0.1) is 5.92 Å². The van der Waals surface area contributed by atoms with Crippen molar-refractivity contribution in [3.05, 3.63) is 0 Å². The molecule has 7 nitrogen and oxygen atoms in total. The minimum absolute atomic E-state index is 0.518. The summed E-state index contributed by atoms with van der Waals surface area (Å²) in [5.41, 5.74) is 0. The van der Waals surface area contributed by atoms with Gasteiger partial charge in [0.25, 0.3) is 0 Å². The molecule has 2 rings (SSSR count). The Morgan fingerprint density at radius 1 is 1.28 bits per heavy atom. The molecule has 0 radical (unpaired) electrons. The number of aliphatic imine (C=N–C) groups is 1. The van der Waals surface area contributed by atoms with Gasteiger partial charge in [-0.15, -0.1) is 0 Å². The molecule has 0 bridgehead atoms. The van der Waals surface area contributed by atoms with Crippen LogP contribution in [-0.4, -0.2) is 102 Å². The summed E-state index contributed by atoms with van der Waals surface area (Å²) in [7, 11) is 4.02. The van der Waals surface area contributed by atoms with Gasteiger partial charge in [0.05, 0.1) is 13.2 Å². The number of nitrogens with zero attached hydrogens (tertiary/aromatic N) is 3. The lowest BCUT2D eigenvalue weighted by Crippen LogP contribution is -2.52. The molecule has 2 fully saturated rings. The number of ether oxygens (including phenoxy) is 2. The fraction of sp³-hybridized carbons (Fsp3) is 0.944. The monoisotopic (exact) mass is 355 g/mol. The highest BCUT2D eigenvalue weighted by atomic mass is 16.5. The van der Waals surface area contributed by atoms with Crippen molar-refractivity contribution < 1.29 is 9.47 Å². The summed E-state index contributed by atoms with van der Waals surface area (Å²) in [6, 6.07) is 0.518. The van der Waals surface area contributed by atoms with Crippen LogP contribution in [0.1, 0.15) is 19.8 Å². The first-order valence-corrected chi connectivity index (χ1v) is 9.71. The highest BCUT2D eigenvalue weighted by Crippen LogP contribution is 2.12. The van der Waals surface area contributed by atoms with Gasteiger partial charge in [0.2, 0.25) is 0 Å². The standard InChI is InChI=1S/C18H37N5O2/c1-16(23-9-7-22(3)8-10-23)13-21-18(19-2)20-6-4-11-24-14-17-5-12-25-15-17/h16-17H,4-15H2,1-3H3,(H2,19,20,21). The Hall–Kier alpha value is -0.890. The Bertz CT molecular complexity index is 380. The third-order valence-corrected chi connectivity index (χ3v) is 5.09. The minimum Gasteiger partial charge on any atom is -0.381 e. The number of guanidine groups is 1. The van der Waals surface area contributed by atoms with Gasteiger partial charge in [0, 0.05) is 71.5 Å². The van der Waals surface area contributed by atoms with Crippen molar-refractivity contribution in [3.63, 3.8) is 0 Å². The summed E-state index contributed by atoms with van der Waals surface area (Å²) in [4.78, 5) is 9.24. The normalized spacial score (nSPS) is 24.4. The van der Waals surface area contributed by atoms with Crippen LogP contribution < -0.4 is 10.6 Å². The SMILES string of the molecule is CN=C(NCCCOCC1CCOC1)NCC(C)N1CCN(C)CC1. The second-order valence-corrected chi connectivity index (χ2v) is 7.23. The van der Waals surface area contributed by atoms with Gasteiger partial charge < -0.3 is 25.0 Å². The van der Waals surface area contributed by atoms with Gasteiger partial charge in [-0.25, -0.2) is 0 Å². The molecular weight excluding hydrogens is 318 g/mol. The van der Waals surface area contributed by atoms with Crippen molar-refractivity contribution in [3.8, 4) is 0 Å². The number of nitrogens with one attached hydrogen (secondary N) is 2. The number of rotatable bonds is 9. The largest absolute Gasteiger partial charge is 0.381 e. The number of likely N-dealkylation sites (N-methyl/N-ethyl adjacent to an activating group) is 1. The molecule has 2 atom stereocenters. The molecule has 2 saturated heterocycles. The lowest BCUT2D eigenvalue weighted by atomic mass is 10.1. The average molecular weight is 356 g/mol. The third kappa shape index (κ3) is 7.90. The van der Waals surface area contributed by atoms with Crippen LogP contribution in [-0.2, 0) is 9.47 Å². The van der Waals surface area contributed by atoms with Crippen LogP contribution >= 0.6 is 0 Å². The van der Waals surface area contributed by atoms with E-state index in [1.165, 1.54) is 0 Å². The summed E-state index contributed by atoms with van der Waals surface area (Å²) in [6.07, 6.45) is 2.13. The molecule has 0 aromatic rings. The van der Waals surface area contributed by atoms with Crippen molar-refractivity contribution in [1.82, 2.24) is 20.4 Å². The van der Waals surface area contributed by atoms with E-state index in [-0.39, 0.29) is 0 Å². The van der Waals surface area contributed by atoms with Crippen molar-refractivity contribution >= 4 is 5.96 Å². The van der Waals surface area contributed by atoms with Gasteiger partial charge in [-0.2, -0.15) is 0 Å². The van der Waals surface area contributed by atoms with Crippen LogP contribution in [0.4, 0.5) is 0 Å². The molecule has 2 aliphatic rings. The van der Waals surface area contributed by atoms with E-state index >= 15 is 0 Å². The fourth-order valence-electron chi connectivity index (χ4n) is 3.20. The first kappa shape index (κ1) is 20.4. The number of piperazine rings is 1. The highest BCUT2D eigenvalue weighted by Gasteiger charge is 2.19. The van der Waals surface area contributed by atoms with E-state index in [0.717, 1.165) is 84.5 Å². The summed E-state index contributed by atoms with van der Waals surface area (Å²) < 4.78 is 11.1. The van der Waals surface area contributed by atoms with Gasteiger partial charge in [0.15, 0.2) is 5.96 Å². The highest BCUT2D eigenvalue weighted by molar-refractivity contribution is 5.79. The molecule has 0 saturated carbocycles. The molecule has 0 amide bonds. The zero-order chi connectivity index (χ0) is 17.9. The Morgan fingerprint density at radius 2 is 2.08 bits per heavy atom. The van der Waals surface area contributed by atoms with Gasteiger partial charge in [-0.1, -0.05) is 0 Å². The third-order valence-electron chi connectivity index (χ3n) is 5.09. The Kier molecular flexibility index (Phi) is 9.54. The van der Waals surface area contributed by atoms with Gasteiger partial charge in [-0.3, -0.25) is 9.89 Å². The zero-order valence-corrected chi connectivity index (χ0v) is 16.3.